The molecule has 0 aromatic rings. The Balaban J connectivity index is 2.42. The minimum absolute atomic E-state index is 0.874. The van der Waals surface area contributed by atoms with E-state index in [0.29, 0.717) is 0 Å². The Morgan fingerprint density at radius 2 is 2.08 bits per heavy atom. The van der Waals surface area contributed by atoms with E-state index in [1.807, 2.05) is 0 Å². The molecule has 1 fully saturated rings. The molecule has 0 spiro atoms. The molecule has 12 heavy (non-hydrogen) atoms. The molecule has 2 unspecified atom stereocenters. The van der Waals surface area contributed by atoms with Gasteiger partial charge < -0.3 is 4.90 Å². The first kappa shape index (κ1) is 10.0. The van der Waals surface area contributed by atoms with Gasteiger partial charge in [0.25, 0.3) is 0 Å². The highest BCUT2D eigenvalue weighted by Crippen LogP contribution is 2.29. The number of nitrogens with zero attached hydrogens (tertiary/aromatic N) is 1. The van der Waals surface area contributed by atoms with Crippen molar-refractivity contribution in [3.05, 3.63) is 0 Å². The van der Waals surface area contributed by atoms with Crippen LogP contribution in [0.15, 0.2) is 0 Å². The van der Waals surface area contributed by atoms with Crippen LogP contribution in [0.3, 0.4) is 0 Å². The maximum atomic E-state index is 2.57. The third-order valence-electron chi connectivity index (χ3n) is 3.36. The Morgan fingerprint density at radius 3 is 2.50 bits per heavy atom. The van der Waals surface area contributed by atoms with Crippen LogP contribution >= 0.6 is 0 Å². The Kier molecular flexibility index (Phi) is 3.57. The zero-order chi connectivity index (χ0) is 9.14. The standard InChI is InChI=1S/C11H23N/c1-5-12-7-6-11(9(2)3)10(4)8-12/h9-11H,5-8H2,1-4H3. The number of likely N-dealkylation sites (tertiary alicyclic amines) is 1. The van der Waals surface area contributed by atoms with Gasteiger partial charge in [0.15, 0.2) is 0 Å². The van der Waals surface area contributed by atoms with E-state index < -0.39 is 0 Å². The largest absolute Gasteiger partial charge is 0.303 e. The maximum absolute atomic E-state index is 2.57. The van der Waals surface area contributed by atoms with Crippen molar-refractivity contribution in [3.8, 4) is 0 Å². The van der Waals surface area contributed by atoms with Crippen molar-refractivity contribution >= 4 is 0 Å². The SMILES string of the molecule is CCN1CCC(C(C)C)C(C)C1. The van der Waals surface area contributed by atoms with E-state index in [4.69, 9.17) is 0 Å². The number of piperidine rings is 1. The van der Waals surface area contributed by atoms with Crippen LogP contribution in [0, 0.1) is 17.8 Å². The third-order valence-corrected chi connectivity index (χ3v) is 3.36. The first-order valence-corrected chi connectivity index (χ1v) is 5.37. The van der Waals surface area contributed by atoms with Crippen LogP contribution in [-0.2, 0) is 0 Å². The summed E-state index contributed by atoms with van der Waals surface area (Å²) in [6.07, 6.45) is 1.41. The van der Waals surface area contributed by atoms with Gasteiger partial charge in [-0.1, -0.05) is 27.7 Å². The zero-order valence-corrected chi connectivity index (χ0v) is 9.01. The van der Waals surface area contributed by atoms with Crippen molar-refractivity contribution in [1.82, 2.24) is 4.90 Å². The quantitative estimate of drug-likeness (QED) is 0.614. The molecule has 72 valence electrons. The van der Waals surface area contributed by atoms with Gasteiger partial charge in [-0.05, 0) is 37.3 Å². The molecule has 1 rings (SSSR count). The van der Waals surface area contributed by atoms with E-state index in [9.17, 15) is 0 Å². The Morgan fingerprint density at radius 1 is 1.42 bits per heavy atom. The predicted octanol–water partition coefficient (Wildman–Crippen LogP) is 2.62. The summed E-state index contributed by atoms with van der Waals surface area (Å²) in [5.74, 6) is 2.74. The highest BCUT2D eigenvalue weighted by molar-refractivity contribution is 4.78. The van der Waals surface area contributed by atoms with Gasteiger partial charge in [-0.2, -0.15) is 0 Å². The summed E-state index contributed by atoms with van der Waals surface area (Å²) in [6.45, 7) is 13.3. The molecule has 0 amide bonds. The normalized spacial score (nSPS) is 32.8. The Bertz CT molecular complexity index is 131. The zero-order valence-electron chi connectivity index (χ0n) is 9.01. The molecule has 0 aromatic carbocycles. The maximum Gasteiger partial charge on any atom is 0.000966 e. The molecular formula is C11H23N. The fraction of sp³-hybridized carbons (Fsp3) is 1.00. The predicted molar refractivity (Wildman–Crippen MR) is 54.2 cm³/mol. The molecule has 0 aromatic heterocycles. The second kappa shape index (κ2) is 4.27. The summed E-state index contributed by atoms with van der Waals surface area (Å²) >= 11 is 0. The van der Waals surface area contributed by atoms with E-state index in [1.54, 1.807) is 0 Å². The summed E-state index contributed by atoms with van der Waals surface area (Å²) in [4.78, 5) is 2.57. The van der Waals surface area contributed by atoms with Crippen LogP contribution in [0.4, 0.5) is 0 Å². The minimum Gasteiger partial charge on any atom is -0.303 e. The van der Waals surface area contributed by atoms with Crippen molar-refractivity contribution in [2.24, 2.45) is 17.8 Å². The molecule has 0 radical (unpaired) electrons. The van der Waals surface area contributed by atoms with Crippen LogP contribution in [0.1, 0.15) is 34.1 Å². The van der Waals surface area contributed by atoms with E-state index in [0.717, 1.165) is 17.8 Å². The number of hydrogen-bond donors (Lipinski definition) is 0. The second-order valence-corrected chi connectivity index (χ2v) is 4.57. The monoisotopic (exact) mass is 169 g/mol. The van der Waals surface area contributed by atoms with Crippen molar-refractivity contribution in [1.29, 1.82) is 0 Å². The lowest BCUT2D eigenvalue weighted by atomic mass is 9.79. The van der Waals surface area contributed by atoms with Crippen LogP contribution < -0.4 is 0 Å². The minimum atomic E-state index is 0.874. The molecule has 1 saturated heterocycles. The molecule has 0 N–H and O–H groups in total. The van der Waals surface area contributed by atoms with Crippen LogP contribution in [0.2, 0.25) is 0 Å². The van der Waals surface area contributed by atoms with Crippen molar-refractivity contribution < 1.29 is 0 Å². The lowest BCUT2D eigenvalue weighted by molar-refractivity contribution is 0.106. The molecule has 2 atom stereocenters. The van der Waals surface area contributed by atoms with Crippen molar-refractivity contribution in [3.63, 3.8) is 0 Å². The van der Waals surface area contributed by atoms with Gasteiger partial charge >= 0.3 is 0 Å². The molecule has 0 saturated carbocycles. The van der Waals surface area contributed by atoms with Gasteiger partial charge in [0.1, 0.15) is 0 Å². The molecule has 1 heteroatoms. The Hall–Kier alpha value is -0.0400. The van der Waals surface area contributed by atoms with Gasteiger partial charge in [0.05, 0.1) is 0 Å². The van der Waals surface area contributed by atoms with E-state index >= 15 is 0 Å². The Labute approximate surface area is 77.1 Å². The van der Waals surface area contributed by atoms with Gasteiger partial charge in [0.2, 0.25) is 0 Å². The van der Waals surface area contributed by atoms with E-state index in [-0.39, 0.29) is 0 Å². The summed E-state index contributed by atoms with van der Waals surface area (Å²) in [7, 11) is 0. The molecule has 1 aliphatic rings. The highest BCUT2D eigenvalue weighted by atomic mass is 15.1. The van der Waals surface area contributed by atoms with Crippen LogP contribution in [0.5, 0.6) is 0 Å². The third kappa shape index (κ3) is 2.22. The van der Waals surface area contributed by atoms with Gasteiger partial charge in [0, 0.05) is 6.54 Å². The molecular weight excluding hydrogens is 146 g/mol. The van der Waals surface area contributed by atoms with Crippen molar-refractivity contribution in [2.45, 2.75) is 34.1 Å². The lowest BCUT2D eigenvalue weighted by Crippen LogP contribution is -2.40. The van der Waals surface area contributed by atoms with E-state index in [2.05, 4.69) is 32.6 Å². The number of hydrogen-bond acceptors (Lipinski definition) is 1. The van der Waals surface area contributed by atoms with Gasteiger partial charge in [-0.25, -0.2) is 0 Å². The smallest absolute Gasteiger partial charge is 0.000966 e. The number of rotatable bonds is 2. The fourth-order valence-corrected chi connectivity index (χ4v) is 2.53. The molecule has 0 bridgehead atoms. The summed E-state index contributed by atoms with van der Waals surface area (Å²) in [5.41, 5.74) is 0. The van der Waals surface area contributed by atoms with Gasteiger partial charge in [-0.15, -0.1) is 0 Å². The molecule has 0 aliphatic carbocycles. The lowest BCUT2D eigenvalue weighted by Gasteiger charge is -2.38. The first-order chi connectivity index (χ1) is 5.65. The fourth-order valence-electron chi connectivity index (χ4n) is 2.53. The van der Waals surface area contributed by atoms with Crippen molar-refractivity contribution in [2.75, 3.05) is 19.6 Å². The average Bonchev–Trinajstić information content (AvgIpc) is 2.03. The average molecular weight is 169 g/mol. The first-order valence-electron chi connectivity index (χ1n) is 5.37. The van der Waals surface area contributed by atoms with E-state index in [1.165, 1.54) is 26.1 Å². The molecule has 1 heterocycles. The van der Waals surface area contributed by atoms with Gasteiger partial charge in [-0.3, -0.25) is 0 Å². The highest BCUT2D eigenvalue weighted by Gasteiger charge is 2.26. The van der Waals surface area contributed by atoms with Crippen LogP contribution in [0.25, 0.3) is 0 Å². The second-order valence-electron chi connectivity index (χ2n) is 4.57. The molecule has 1 nitrogen and oxygen atoms in total. The molecule has 1 aliphatic heterocycles. The van der Waals surface area contributed by atoms with Crippen LogP contribution in [-0.4, -0.2) is 24.5 Å². The summed E-state index contributed by atoms with van der Waals surface area (Å²) in [5, 5.41) is 0. The topological polar surface area (TPSA) is 3.24 Å². The summed E-state index contributed by atoms with van der Waals surface area (Å²) < 4.78 is 0. The summed E-state index contributed by atoms with van der Waals surface area (Å²) in [6, 6.07) is 0.